The lowest BCUT2D eigenvalue weighted by atomic mass is 10.3. The quantitative estimate of drug-likeness (QED) is 0.764. The highest BCUT2D eigenvalue weighted by atomic mass is 79.9. The molecular weight excluding hydrogens is 353 g/mol. The molecule has 0 atom stereocenters. The molecule has 2 rings (SSSR count). The average Bonchev–Trinajstić information content (AvgIpc) is 2.52. The summed E-state index contributed by atoms with van der Waals surface area (Å²) in [5, 5.41) is 2.63. The Labute approximate surface area is 136 Å². The molecular formula is C16H15BrFNO3. The third-order valence-electron chi connectivity index (χ3n) is 2.69. The van der Waals surface area contributed by atoms with Crippen LogP contribution < -0.4 is 14.8 Å². The molecule has 0 aliphatic heterocycles. The number of rotatable bonds is 7. The number of hydrogen-bond acceptors (Lipinski definition) is 3. The van der Waals surface area contributed by atoms with Gasteiger partial charge in [-0.3, -0.25) is 4.79 Å². The van der Waals surface area contributed by atoms with E-state index < -0.39 is 5.82 Å². The molecule has 116 valence electrons. The number of nitrogens with one attached hydrogen (secondary N) is 1. The van der Waals surface area contributed by atoms with Crippen LogP contribution in [-0.2, 0) is 4.79 Å². The van der Waals surface area contributed by atoms with Crippen LogP contribution in [0.2, 0.25) is 0 Å². The van der Waals surface area contributed by atoms with Gasteiger partial charge in [0.2, 0.25) is 0 Å². The summed E-state index contributed by atoms with van der Waals surface area (Å²) in [5.41, 5.74) is 0. The molecule has 1 amide bonds. The molecule has 0 saturated carbocycles. The van der Waals surface area contributed by atoms with E-state index in [4.69, 9.17) is 9.47 Å². The maximum absolute atomic E-state index is 13.5. The molecule has 0 bridgehead atoms. The van der Waals surface area contributed by atoms with Crippen molar-refractivity contribution in [1.82, 2.24) is 5.32 Å². The highest BCUT2D eigenvalue weighted by Gasteiger charge is 2.07. The van der Waals surface area contributed by atoms with Crippen molar-refractivity contribution in [2.24, 2.45) is 0 Å². The van der Waals surface area contributed by atoms with Crippen LogP contribution in [0, 0.1) is 5.82 Å². The normalized spacial score (nSPS) is 10.1. The highest BCUT2D eigenvalue weighted by Crippen LogP contribution is 2.21. The first-order valence-electron chi connectivity index (χ1n) is 6.67. The molecule has 2 aromatic carbocycles. The molecule has 0 aliphatic carbocycles. The van der Waals surface area contributed by atoms with Crippen molar-refractivity contribution in [3.63, 3.8) is 0 Å². The molecule has 0 fully saturated rings. The van der Waals surface area contributed by atoms with Gasteiger partial charge in [0, 0.05) is 4.47 Å². The maximum Gasteiger partial charge on any atom is 0.258 e. The van der Waals surface area contributed by atoms with Gasteiger partial charge in [-0.05, 0) is 30.3 Å². The van der Waals surface area contributed by atoms with Crippen LogP contribution in [0.25, 0.3) is 0 Å². The summed E-state index contributed by atoms with van der Waals surface area (Å²) in [6, 6.07) is 13.7. The van der Waals surface area contributed by atoms with Gasteiger partial charge in [-0.1, -0.05) is 34.1 Å². The molecule has 6 heteroatoms. The highest BCUT2D eigenvalue weighted by molar-refractivity contribution is 9.10. The van der Waals surface area contributed by atoms with Crippen LogP contribution in [0.5, 0.6) is 11.5 Å². The van der Waals surface area contributed by atoms with Gasteiger partial charge in [0.15, 0.2) is 18.2 Å². The van der Waals surface area contributed by atoms with Crippen molar-refractivity contribution in [3.05, 3.63) is 58.8 Å². The van der Waals surface area contributed by atoms with E-state index in [1.54, 1.807) is 6.07 Å². The van der Waals surface area contributed by atoms with Gasteiger partial charge in [0.1, 0.15) is 12.4 Å². The Kier molecular flexibility index (Phi) is 6.21. The Bertz CT molecular complexity index is 622. The number of hydrogen-bond donors (Lipinski definition) is 1. The Hall–Kier alpha value is -2.08. The van der Waals surface area contributed by atoms with Crippen molar-refractivity contribution >= 4 is 21.8 Å². The molecule has 0 aromatic heterocycles. The number of carbonyl (C=O) groups excluding carboxylic acids is 1. The summed E-state index contributed by atoms with van der Waals surface area (Å²) in [6.07, 6.45) is 0. The van der Waals surface area contributed by atoms with Gasteiger partial charge in [-0.2, -0.15) is 0 Å². The zero-order chi connectivity index (χ0) is 15.8. The number of benzene rings is 2. The van der Waals surface area contributed by atoms with Crippen molar-refractivity contribution in [2.45, 2.75) is 0 Å². The molecule has 1 N–H and O–H groups in total. The predicted octanol–water partition coefficient (Wildman–Crippen LogP) is 3.16. The summed E-state index contributed by atoms with van der Waals surface area (Å²) in [5.74, 6) is -0.0719. The zero-order valence-electron chi connectivity index (χ0n) is 11.7. The summed E-state index contributed by atoms with van der Waals surface area (Å²) >= 11 is 3.15. The molecule has 0 unspecified atom stereocenters. The van der Waals surface area contributed by atoms with Crippen molar-refractivity contribution in [3.8, 4) is 11.5 Å². The van der Waals surface area contributed by atoms with E-state index in [9.17, 15) is 9.18 Å². The molecule has 0 heterocycles. The largest absolute Gasteiger partial charge is 0.492 e. The fraction of sp³-hybridized carbons (Fsp3) is 0.188. The summed E-state index contributed by atoms with van der Waals surface area (Å²) in [4.78, 5) is 11.6. The second-order valence-corrected chi connectivity index (χ2v) is 5.29. The number of para-hydroxylation sites is 1. The van der Waals surface area contributed by atoms with Crippen molar-refractivity contribution < 1.29 is 18.7 Å². The molecule has 0 saturated heterocycles. The van der Waals surface area contributed by atoms with Crippen LogP contribution in [-0.4, -0.2) is 25.7 Å². The van der Waals surface area contributed by atoms with Crippen LogP contribution >= 0.6 is 15.9 Å². The van der Waals surface area contributed by atoms with Gasteiger partial charge in [0.25, 0.3) is 5.91 Å². The summed E-state index contributed by atoms with van der Waals surface area (Å²) in [6.45, 7) is 0.451. The van der Waals surface area contributed by atoms with E-state index >= 15 is 0 Å². The van der Waals surface area contributed by atoms with Gasteiger partial charge in [0.05, 0.1) is 6.54 Å². The van der Waals surface area contributed by atoms with Crippen LogP contribution in [0.4, 0.5) is 4.39 Å². The predicted molar refractivity (Wildman–Crippen MR) is 84.5 cm³/mol. The van der Waals surface area contributed by atoms with E-state index in [2.05, 4.69) is 21.2 Å². The number of carbonyl (C=O) groups is 1. The Morgan fingerprint density at radius 2 is 1.91 bits per heavy atom. The molecule has 4 nitrogen and oxygen atoms in total. The SMILES string of the molecule is O=C(COc1ccc(Br)cc1F)NCCOc1ccccc1. The smallest absolute Gasteiger partial charge is 0.258 e. The van der Waals surface area contributed by atoms with Crippen molar-refractivity contribution in [1.29, 1.82) is 0 Å². The summed E-state index contributed by atoms with van der Waals surface area (Å²) in [7, 11) is 0. The maximum atomic E-state index is 13.5. The average molecular weight is 368 g/mol. The molecule has 0 radical (unpaired) electrons. The minimum atomic E-state index is -0.519. The van der Waals surface area contributed by atoms with Crippen LogP contribution in [0.1, 0.15) is 0 Å². The van der Waals surface area contributed by atoms with Gasteiger partial charge < -0.3 is 14.8 Å². The van der Waals surface area contributed by atoms with E-state index in [1.807, 2.05) is 30.3 Å². The van der Waals surface area contributed by atoms with Gasteiger partial charge in [-0.25, -0.2) is 4.39 Å². The topological polar surface area (TPSA) is 47.6 Å². The fourth-order valence-corrected chi connectivity index (χ4v) is 2.00. The first kappa shape index (κ1) is 16.3. The zero-order valence-corrected chi connectivity index (χ0v) is 13.3. The lowest BCUT2D eigenvalue weighted by Crippen LogP contribution is -2.32. The Morgan fingerprint density at radius 1 is 1.14 bits per heavy atom. The first-order valence-corrected chi connectivity index (χ1v) is 7.47. The number of halogens is 2. The van der Waals surface area contributed by atoms with Crippen molar-refractivity contribution in [2.75, 3.05) is 19.8 Å². The third kappa shape index (κ3) is 5.37. The monoisotopic (exact) mass is 367 g/mol. The van der Waals surface area contributed by atoms with E-state index in [0.717, 1.165) is 5.75 Å². The number of amides is 1. The standard InChI is InChI=1S/C16H15BrFNO3/c17-12-6-7-15(14(18)10-12)22-11-16(20)19-8-9-21-13-4-2-1-3-5-13/h1-7,10H,8-9,11H2,(H,19,20). The van der Waals surface area contributed by atoms with Gasteiger partial charge >= 0.3 is 0 Å². The minimum absolute atomic E-state index is 0.0406. The second kappa shape index (κ2) is 8.38. The molecule has 2 aromatic rings. The van der Waals surface area contributed by atoms with Gasteiger partial charge in [-0.15, -0.1) is 0 Å². The Balaban J connectivity index is 1.65. The summed E-state index contributed by atoms with van der Waals surface area (Å²) < 4.78 is 24.7. The first-order chi connectivity index (χ1) is 10.6. The van der Waals surface area contributed by atoms with E-state index in [0.29, 0.717) is 17.6 Å². The van der Waals surface area contributed by atoms with Crippen LogP contribution in [0.15, 0.2) is 53.0 Å². The van der Waals surface area contributed by atoms with Crippen LogP contribution in [0.3, 0.4) is 0 Å². The molecule has 22 heavy (non-hydrogen) atoms. The second-order valence-electron chi connectivity index (χ2n) is 4.37. The minimum Gasteiger partial charge on any atom is -0.492 e. The fourth-order valence-electron chi connectivity index (χ4n) is 1.66. The number of ether oxygens (including phenoxy) is 2. The molecule has 0 aliphatic rings. The van der Waals surface area contributed by atoms with E-state index in [1.165, 1.54) is 12.1 Å². The third-order valence-corrected chi connectivity index (χ3v) is 3.18. The van der Waals surface area contributed by atoms with E-state index in [-0.39, 0.29) is 18.3 Å². The lowest BCUT2D eigenvalue weighted by molar-refractivity contribution is -0.123. The lowest BCUT2D eigenvalue weighted by Gasteiger charge is -2.09. The molecule has 0 spiro atoms. The Morgan fingerprint density at radius 3 is 2.64 bits per heavy atom.